The Bertz CT molecular complexity index is 255. The number of likely N-dealkylation sites (tertiary alicyclic amines) is 1. The molecule has 0 N–H and O–H groups in total. The van der Waals surface area contributed by atoms with E-state index in [4.69, 9.17) is 0 Å². The van der Waals surface area contributed by atoms with E-state index in [1.807, 2.05) is 0 Å². The Morgan fingerprint density at radius 2 is 2.00 bits per heavy atom. The molecule has 1 aliphatic heterocycles. The Morgan fingerprint density at radius 1 is 1.33 bits per heavy atom. The van der Waals surface area contributed by atoms with Crippen LogP contribution in [-0.2, 0) is 4.79 Å². The zero-order valence-corrected chi connectivity index (χ0v) is 10.3. The van der Waals surface area contributed by atoms with Gasteiger partial charge in [-0.15, -0.1) is 0 Å². The lowest BCUT2D eigenvalue weighted by Gasteiger charge is -2.50. The highest BCUT2D eigenvalue weighted by atomic mass is 16.1. The summed E-state index contributed by atoms with van der Waals surface area (Å²) in [5.41, 5.74) is 0.313. The van der Waals surface area contributed by atoms with Gasteiger partial charge in [0.15, 0.2) is 0 Å². The van der Waals surface area contributed by atoms with Gasteiger partial charge in [-0.1, -0.05) is 13.3 Å². The van der Waals surface area contributed by atoms with Crippen molar-refractivity contribution in [2.75, 3.05) is 13.1 Å². The zero-order valence-electron chi connectivity index (χ0n) is 10.3. The first-order chi connectivity index (χ1) is 7.01. The van der Waals surface area contributed by atoms with Crippen molar-refractivity contribution in [1.29, 1.82) is 0 Å². The smallest absolute Gasteiger partial charge is 0.138 e. The molecule has 86 valence electrons. The van der Waals surface area contributed by atoms with Crippen LogP contribution in [0.5, 0.6) is 0 Å². The van der Waals surface area contributed by atoms with Crippen LogP contribution in [0, 0.1) is 11.8 Å². The van der Waals surface area contributed by atoms with Crippen LogP contribution in [0.15, 0.2) is 0 Å². The third kappa shape index (κ3) is 1.96. The summed E-state index contributed by atoms with van der Waals surface area (Å²) in [6.07, 6.45) is 4.92. The van der Waals surface area contributed by atoms with Crippen LogP contribution >= 0.6 is 0 Å². The van der Waals surface area contributed by atoms with E-state index in [0.29, 0.717) is 11.3 Å². The molecule has 2 heteroatoms. The number of rotatable bonds is 2. The maximum absolute atomic E-state index is 11.5. The predicted molar refractivity (Wildman–Crippen MR) is 61.8 cm³/mol. The first kappa shape index (κ1) is 11.1. The maximum Gasteiger partial charge on any atom is 0.138 e. The molecule has 1 heterocycles. The molecule has 1 saturated carbocycles. The van der Waals surface area contributed by atoms with Crippen molar-refractivity contribution in [2.24, 2.45) is 11.8 Å². The number of hydrogen-bond acceptors (Lipinski definition) is 2. The molecule has 2 nitrogen and oxygen atoms in total. The van der Waals surface area contributed by atoms with Crippen molar-refractivity contribution >= 4 is 5.78 Å². The molecule has 0 radical (unpaired) electrons. The van der Waals surface area contributed by atoms with Crippen LogP contribution < -0.4 is 0 Å². The number of piperidine rings is 1. The molecule has 1 unspecified atom stereocenters. The molecule has 0 amide bonds. The first-order valence-electron chi connectivity index (χ1n) is 6.29. The highest BCUT2D eigenvalue weighted by Gasteiger charge is 2.40. The Hall–Kier alpha value is -0.370. The molecular formula is C13H23NO. The summed E-state index contributed by atoms with van der Waals surface area (Å²) in [4.78, 5) is 14.0. The SMILES string of the molecule is CC1CN(C(C)(C)C2CCC2)CCC1=O. The van der Waals surface area contributed by atoms with E-state index in [0.717, 1.165) is 25.4 Å². The quantitative estimate of drug-likeness (QED) is 0.696. The van der Waals surface area contributed by atoms with Crippen molar-refractivity contribution in [3.63, 3.8) is 0 Å². The molecule has 1 saturated heterocycles. The standard InChI is InChI=1S/C13H23NO/c1-10-9-14(8-7-12(10)15)13(2,3)11-5-4-6-11/h10-11H,4-9H2,1-3H3. The van der Waals surface area contributed by atoms with E-state index in [2.05, 4.69) is 25.7 Å². The minimum atomic E-state index is 0.248. The van der Waals surface area contributed by atoms with Crippen LogP contribution in [-0.4, -0.2) is 29.3 Å². The van der Waals surface area contributed by atoms with Crippen molar-refractivity contribution in [1.82, 2.24) is 4.90 Å². The van der Waals surface area contributed by atoms with Gasteiger partial charge in [0.25, 0.3) is 0 Å². The predicted octanol–water partition coefficient (Wildman–Crippen LogP) is 2.48. The Labute approximate surface area is 93.0 Å². The zero-order chi connectivity index (χ0) is 11.1. The molecular weight excluding hydrogens is 186 g/mol. The average molecular weight is 209 g/mol. The Morgan fingerprint density at radius 3 is 2.47 bits per heavy atom. The lowest BCUT2D eigenvalue weighted by atomic mass is 9.71. The number of carbonyl (C=O) groups excluding carboxylic acids is 1. The van der Waals surface area contributed by atoms with Crippen LogP contribution in [0.2, 0.25) is 0 Å². The fourth-order valence-electron chi connectivity index (χ4n) is 2.91. The number of ketones is 1. The van der Waals surface area contributed by atoms with Crippen molar-refractivity contribution in [2.45, 2.75) is 52.0 Å². The van der Waals surface area contributed by atoms with Gasteiger partial charge in [-0.2, -0.15) is 0 Å². The van der Waals surface area contributed by atoms with Crippen molar-refractivity contribution < 1.29 is 4.79 Å². The second-order valence-corrected chi connectivity index (χ2v) is 5.84. The molecule has 0 aromatic heterocycles. The van der Waals surface area contributed by atoms with Crippen LogP contribution in [0.3, 0.4) is 0 Å². The van der Waals surface area contributed by atoms with E-state index in [-0.39, 0.29) is 5.92 Å². The summed E-state index contributed by atoms with van der Waals surface area (Å²) in [6.45, 7) is 8.75. The number of nitrogens with zero attached hydrogens (tertiary/aromatic N) is 1. The average Bonchev–Trinajstić information content (AvgIpc) is 2.05. The van der Waals surface area contributed by atoms with Gasteiger partial charge in [0.05, 0.1) is 0 Å². The monoisotopic (exact) mass is 209 g/mol. The van der Waals surface area contributed by atoms with Crippen molar-refractivity contribution in [3.8, 4) is 0 Å². The Balaban J connectivity index is 2.00. The van der Waals surface area contributed by atoms with E-state index in [1.54, 1.807) is 0 Å². The molecule has 2 fully saturated rings. The first-order valence-corrected chi connectivity index (χ1v) is 6.29. The normalized spacial score (nSPS) is 30.3. The minimum absolute atomic E-state index is 0.248. The number of hydrogen-bond donors (Lipinski definition) is 0. The van der Waals surface area contributed by atoms with Gasteiger partial charge in [-0.3, -0.25) is 9.69 Å². The van der Waals surface area contributed by atoms with Crippen LogP contribution in [0.25, 0.3) is 0 Å². The topological polar surface area (TPSA) is 20.3 Å². The molecule has 0 aromatic carbocycles. The van der Waals surface area contributed by atoms with Crippen molar-refractivity contribution in [3.05, 3.63) is 0 Å². The summed E-state index contributed by atoms with van der Waals surface area (Å²) in [7, 11) is 0. The fraction of sp³-hybridized carbons (Fsp3) is 0.923. The summed E-state index contributed by atoms with van der Waals surface area (Å²) in [5, 5.41) is 0. The number of Topliss-reactive ketones (excluding diaryl/α,β-unsaturated/α-hetero) is 1. The van der Waals surface area contributed by atoms with Crippen LogP contribution in [0.4, 0.5) is 0 Å². The van der Waals surface area contributed by atoms with Gasteiger partial charge < -0.3 is 0 Å². The maximum atomic E-state index is 11.5. The third-order valence-corrected chi connectivity index (χ3v) is 4.59. The minimum Gasteiger partial charge on any atom is -0.299 e. The van der Waals surface area contributed by atoms with E-state index in [9.17, 15) is 4.79 Å². The molecule has 0 aromatic rings. The highest BCUT2D eigenvalue weighted by Crippen LogP contribution is 2.40. The molecule has 2 rings (SSSR count). The lowest BCUT2D eigenvalue weighted by Crippen LogP contribution is -2.56. The molecule has 0 bridgehead atoms. The number of carbonyl (C=O) groups is 1. The molecule has 2 aliphatic rings. The van der Waals surface area contributed by atoms with E-state index < -0.39 is 0 Å². The van der Waals surface area contributed by atoms with Gasteiger partial charge >= 0.3 is 0 Å². The second-order valence-electron chi connectivity index (χ2n) is 5.84. The summed E-state index contributed by atoms with van der Waals surface area (Å²) in [5.74, 6) is 1.56. The van der Waals surface area contributed by atoms with Gasteiger partial charge in [0.1, 0.15) is 5.78 Å². The summed E-state index contributed by atoms with van der Waals surface area (Å²) < 4.78 is 0. The van der Waals surface area contributed by atoms with Gasteiger partial charge in [0.2, 0.25) is 0 Å². The highest BCUT2D eigenvalue weighted by molar-refractivity contribution is 5.81. The van der Waals surface area contributed by atoms with Crippen LogP contribution in [0.1, 0.15) is 46.5 Å². The van der Waals surface area contributed by atoms with E-state index >= 15 is 0 Å². The molecule has 1 aliphatic carbocycles. The van der Waals surface area contributed by atoms with Gasteiger partial charge in [-0.05, 0) is 32.6 Å². The van der Waals surface area contributed by atoms with E-state index in [1.165, 1.54) is 19.3 Å². The van der Waals surface area contributed by atoms with Gasteiger partial charge in [-0.25, -0.2) is 0 Å². The Kier molecular flexibility index (Phi) is 2.89. The molecule has 1 atom stereocenters. The molecule has 15 heavy (non-hydrogen) atoms. The molecule has 0 spiro atoms. The fourth-order valence-corrected chi connectivity index (χ4v) is 2.91. The summed E-state index contributed by atoms with van der Waals surface area (Å²) >= 11 is 0. The lowest BCUT2D eigenvalue weighted by molar-refractivity contribution is -0.128. The largest absolute Gasteiger partial charge is 0.299 e. The second kappa shape index (κ2) is 3.89. The third-order valence-electron chi connectivity index (χ3n) is 4.59. The summed E-state index contributed by atoms with van der Waals surface area (Å²) in [6, 6.07) is 0. The van der Waals surface area contributed by atoms with Gasteiger partial charge in [0, 0.05) is 31.0 Å².